The van der Waals surface area contributed by atoms with Crippen molar-refractivity contribution in [2.45, 2.75) is 39.2 Å². The van der Waals surface area contributed by atoms with E-state index in [2.05, 4.69) is 11.2 Å². The molecule has 108 valence electrons. The highest BCUT2D eigenvalue weighted by molar-refractivity contribution is 7.98. The van der Waals surface area contributed by atoms with E-state index < -0.39 is 5.97 Å². The molecule has 2 N–H and O–H groups in total. The number of rotatable bonds is 9. The Bertz CT molecular complexity index is 393. The maximum Gasteiger partial charge on any atom is 0.360 e. The number of aromatic nitrogens is 2. The second-order valence-corrected chi connectivity index (χ2v) is 5.28. The van der Waals surface area contributed by atoms with Crippen LogP contribution in [-0.4, -0.2) is 34.1 Å². The molecule has 1 rings (SSSR count). The zero-order chi connectivity index (χ0) is 14.1. The average Bonchev–Trinajstić information content (AvgIpc) is 2.75. The van der Waals surface area contributed by atoms with Crippen molar-refractivity contribution >= 4 is 23.5 Å². The van der Waals surface area contributed by atoms with Gasteiger partial charge in [-0.1, -0.05) is 12.8 Å². The summed E-state index contributed by atoms with van der Waals surface area (Å²) in [5.41, 5.74) is 6.12. The molecule has 0 unspecified atom stereocenters. The normalized spacial score (nSPS) is 10.6. The molecule has 0 fully saturated rings. The van der Waals surface area contributed by atoms with E-state index in [0.717, 1.165) is 13.0 Å². The third-order valence-corrected chi connectivity index (χ3v) is 3.54. The monoisotopic (exact) mass is 285 g/mol. The fraction of sp³-hybridized carbons (Fsp3) is 0.692. The van der Waals surface area contributed by atoms with Crippen LogP contribution in [0.25, 0.3) is 0 Å². The second kappa shape index (κ2) is 8.85. The van der Waals surface area contributed by atoms with Gasteiger partial charge in [0.25, 0.3) is 0 Å². The van der Waals surface area contributed by atoms with Crippen LogP contribution in [0.2, 0.25) is 0 Å². The highest BCUT2D eigenvalue weighted by atomic mass is 32.2. The van der Waals surface area contributed by atoms with E-state index in [1.165, 1.54) is 25.0 Å². The van der Waals surface area contributed by atoms with Gasteiger partial charge >= 0.3 is 5.97 Å². The molecule has 0 aliphatic heterocycles. The van der Waals surface area contributed by atoms with E-state index in [-0.39, 0.29) is 5.69 Å². The van der Waals surface area contributed by atoms with E-state index in [0.29, 0.717) is 12.4 Å². The number of anilines is 1. The van der Waals surface area contributed by atoms with Crippen LogP contribution in [0.15, 0.2) is 6.33 Å². The number of unbranched alkanes of at least 4 members (excludes halogenated alkanes) is 3. The fourth-order valence-electron chi connectivity index (χ4n) is 1.81. The van der Waals surface area contributed by atoms with Gasteiger partial charge in [0.15, 0.2) is 5.69 Å². The summed E-state index contributed by atoms with van der Waals surface area (Å²) in [5, 5.41) is 0. The molecule has 1 aromatic rings. The van der Waals surface area contributed by atoms with Crippen LogP contribution in [0.5, 0.6) is 0 Å². The van der Waals surface area contributed by atoms with Gasteiger partial charge in [-0.15, -0.1) is 0 Å². The van der Waals surface area contributed by atoms with Crippen LogP contribution >= 0.6 is 11.8 Å². The Morgan fingerprint density at radius 3 is 2.84 bits per heavy atom. The molecule has 0 amide bonds. The average molecular weight is 285 g/mol. The summed E-state index contributed by atoms with van der Waals surface area (Å²) in [5.74, 6) is 1.18. The van der Waals surface area contributed by atoms with Gasteiger partial charge in [-0.2, -0.15) is 11.8 Å². The number of hydrogen-bond acceptors (Lipinski definition) is 5. The summed E-state index contributed by atoms with van der Waals surface area (Å²) in [7, 11) is 0. The third-order valence-electron chi connectivity index (χ3n) is 2.84. The number of ether oxygens (including phenoxy) is 1. The third kappa shape index (κ3) is 5.14. The number of hydrogen-bond donors (Lipinski definition) is 1. The van der Waals surface area contributed by atoms with E-state index in [1.54, 1.807) is 13.3 Å². The molecule has 0 aromatic carbocycles. The Hall–Kier alpha value is -1.17. The van der Waals surface area contributed by atoms with Gasteiger partial charge in [0, 0.05) is 6.54 Å². The summed E-state index contributed by atoms with van der Waals surface area (Å²) < 4.78 is 6.72. The first-order valence-electron chi connectivity index (χ1n) is 6.67. The maximum absolute atomic E-state index is 11.5. The standard InChI is InChI=1S/C13H23N3O2S/c1-3-18-13(17)11-12(14)16(10-15-11)8-6-4-5-7-9-19-2/h10H,3-9,14H2,1-2H3. The molecule has 1 aromatic heterocycles. The Labute approximate surface area is 118 Å². The lowest BCUT2D eigenvalue weighted by molar-refractivity contribution is 0.0521. The van der Waals surface area contributed by atoms with Crippen molar-refractivity contribution in [1.82, 2.24) is 9.55 Å². The number of nitrogens with two attached hydrogens (primary N) is 1. The quantitative estimate of drug-likeness (QED) is 0.558. The summed E-state index contributed by atoms with van der Waals surface area (Å²) in [6.45, 7) is 2.90. The minimum absolute atomic E-state index is 0.226. The van der Waals surface area contributed by atoms with Gasteiger partial charge in [0.2, 0.25) is 0 Å². The molecule has 0 saturated carbocycles. The zero-order valence-electron chi connectivity index (χ0n) is 11.7. The van der Waals surface area contributed by atoms with Crippen LogP contribution in [0, 0.1) is 0 Å². The largest absolute Gasteiger partial charge is 0.461 e. The fourth-order valence-corrected chi connectivity index (χ4v) is 2.30. The lowest BCUT2D eigenvalue weighted by atomic mass is 10.2. The lowest BCUT2D eigenvalue weighted by Gasteiger charge is -2.05. The minimum atomic E-state index is -0.446. The van der Waals surface area contributed by atoms with Gasteiger partial charge in [0.05, 0.1) is 12.9 Å². The number of carbonyl (C=O) groups is 1. The Balaban J connectivity index is 2.37. The first-order valence-corrected chi connectivity index (χ1v) is 8.06. The van der Waals surface area contributed by atoms with Gasteiger partial charge < -0.3 is 15.0 Å². The topological polar surface area (TPSA) is 70.1 Å². The number of nitrogens with zero attached hydrogens (tertiary/aromatic N) is 2. The molecule has 1 heterocycles. The van der Waals surface area contributed by atoms with E-state index in [4.69, 9.17) is 10.5 Å². The van der Waals surface area contributed by atoms with Crippen LogP contribution in [0.4, 0.5) is 5.82 Å². The van der Waals surface area contributed by atoms with Crippen molar-refractivity contribution in [1.29, 1.82) is 0 Å². The van der Waals surface area contributed by atoms with E-state index in [1.807, 2.05) is 16.3 Å². The van der Waals surface area contributed by atoms with E-state index in [9.17, 15) is 4.79 Å². The SMILES string of the molecule is CCOC(=O)c1ncn(CCCCCCSC)c1N. The molecule has 0 saturated heterocycles. The number of aryl methyl sites for hydroxylation is 1. The molecule has 0 atom stereocenters. The zero-order valence-corrected chi connectivity index (χ0v) is 12.5. The number of nitrogen functional groups attached to an aromatic ring is 1. The first-order chi connectivity index (χ1) is 9.20. The molecule has 0 bridgehead atoms. The predicted molar refractivity (Wildman–Crippen MR) is 79.4 cm³/mol. The number of thioether (sulfide) groups is 1. The van der Waals surface area contributed by atoms with Crippen molar-refractivity contribution in [2.24, 2.45) is 0 Å². The Morgan fingerprint density at radius 1 is 1.42 bits per heavy atom. The lowest BCUT2D eigenvalue weighted by Crippen LogP contribution is -2.10. The highest BCUT2D eigenvalue weighted by Crippen LogP contribution is 2.13. The summed E-state index contributed by atoms with van der Waals surface area (Å²) in [4.78, 5) is 15.6. The van der Waals surface area contributed by atoms with Gasteiger partial charge in [-0.25, -0.2) is 9.78 Å². The smallest absolute Gasteiger partial charge is 0.360 e. The number of carbonyl (C=O) groups excluding carboxylic acids is 1. The molecular formula is C13H23N3O2S. The van der Waals surface area contributed by atoms with Crippen molar-refractivity contribution < 1.29 is 9.53 Å². The molecule has 19 heavy (non-hydrogen) atoms. The van der Waals surface area contributed by atoms with Crippen LogP contribution in [-0.2, 0) is 11.3 Å². The van der Waals surface area contributed by atoms with Crippen molar-refractivity contribution in [2.75, 3.05) is 24.3 Å². The number of imidazole rings is 1. The summed E-state index contributed by atoms with van der Waals surface area (Å²) in [6, 6.07) is 0. The Morgan fingerprint density at radius 2 is 2.16 bits per heavy atom. The first kappa shape index (κ1) is 15.9. The van der Waals surface area contributed by atoms with Crippen LogP contribution < -0.4 is 5.73 Å². The van der Waals surface area contributed by atoms with Crippen molar-refractivity contribution in [3.8, 4) is 0 Å². The minimum Gasteiger partial charge on any atom is -0.461 e. The van der Waals surface area contributed by atoms with Crippen LogP contribution in [0.1, 0.15) is 43.1 Å². The van der Waals surface area contributed by atoms with Crippen molar-refractivity contribution in [3.05, 3.63) is 12.0 Å². The Kier molecular flexibility index (Phi) is 7.40. The van der Waals surface area contributed by atoms with E-state index >= 15 is 0 Å². The highest BCUT2D eigenvalue weighted by Gasteiger charge is 2.16. The molecule has 0 spiro atoms. The molecular weight excluding hydrogens is 262 g/mol. The summed E-state index contributed by atoms with van der Waals surface area (Å²) in [6.07, 6.45) is 8.46. The molecule has 0 aliphatic rings. The second-order valence-electron chi connectivity index (χ2n) is 4.30. The predicted octanol–water partition coefficient (Wildman–Crippen LogP) is 2.57. The number of esters is 1. The van der Waals surface area contributed by atoms with Gasteiger partial charge in [-0.3, -0.25) is 0 Å². The summed E-state index contributed by atoms with van der Waals surface area (Å²) >= 11 is 1.88. The molecule has 0 aliphatic carbocycles. The maximum atomic E-state index is 11.5. The molecule has 5 nitrogen and oxygen atoms in total. The van der Waals surface area contributed by atoms with Crippen molar-refractivity contribution in [3.63, 3.8) is 0 Å². The van der Waals surface area contributed by atoms with Gasteiger partial charge in [-0.05, 0) is 31.8 Å². The molecule has 6 heteroatoms. The van der Waals surface area contributed by atoms with Crippen LogP contribution in [0.3, 0.4) is 0 Å². The molecule has 0 radical (unpaired) electrons. The van der Waals surface area contributed by atoms with Gasteiger partial charge in [0.1, 0.15) is 5.82 Å².